The molecule has 14 heavy (non-hydrogen) atoms. The van der Waals surface area contributed by atoms with Crippen LogP contribution in [0.5, 0.6) is 0 Å². The van der Waals surface area contributed by atoms with Crippen LogP contribution in [-0.4, -0.2) is 10.7 Å². The lowest BCUT2D eigenvalue weighted by atomic mass is 10.2. The van der Waals surface area contributed by atoms with Crippen LogP contribution in [0.3, 0.4) is 0 Å². The first kappa shape index (κ1) is 13.5. The van der Waals surface area contributed by atoms with Crippen molar-refractivity contribution in [3.63, 3.8) is 0 Å². The maximum Gasteiger partial charge on any atom is 0.0384 e. The van der Waals surface area contributed by atoms with E-state index in [0.717, 1.165) is 5.69 Å². The molecular weight excluding hydrogens is 190 g/mol. The number of fused-ring (bicyclic) bond motifs is 1. The Hall–Kier alpha value is -0.500. The largest absolute Gasteiger partial charge is 0.261 e. The molecule has 2 rings (SSSR count). The number of rotatable bonds is 0. The average molecular weight is 211 g/mol. The predicted octanol–water partition coefficient (Wildman–Crippen LogP) is 4.09. The van der Waals surface area contributed by atoms with Gasteiger partial charge in [0.1, 0.15) is 0 Å². The van der Waals surface area contributed by atoms with Gasteiger partial charge in [0.05, 0.1) is 0 Å². The molecule has 1 aliphatic heterocycles. The van der Waals surface area contributed by atoms with Crippen molar-refractivity contribution in [2.24, 2.45) is 0 Å². The van der Waals surface area contributed by atoms with Gasteiger partial charge in [-0.25, -0.2) is 0 Å². The number of aromatic nitrogens is 1. The summed E-state index contributed by atoms with van der Waals surface area (Å²) in [5.41, 5.74) is 2.56. The van der Waals surface area contributed by atoms with Gasteiger partial charge in [0.25, 0.3) is 0 Å². The summed E-state index contributed by atoms with van der Waals surface area (Å²) in [6, 6.07) is 2.17. The van der Waals surface area contributed by atoms with E-state index in [0.29, 0.717) is 0 Å². The molecule has 80 valence electrons. The zero-order valence-corrected chi connectivity index (χ0v) is 10.7. The van der Waals surface area contributed by atoms with E-state index in [-0.39, 0.29) is 0 Å². The van der Waals surface area contributed by atoms with E-state index in [1.807, 2.05) is 52.6 Å². The lowest BCUT2D eigenvalue weighted by Gasteiger charge is -1.96. The standard InChI is InChI=1S/C8H9NS.2C2H6/c1-6-4-8-7(5-9-6)2-3-10-8;2*1-2/h4-5H,2-3H2,1H3;2*1-2H3. The smallest absolute Gasteiger partial charge is 0.0384 e. The van der Waals surface area contributed by atoms with Crippen molar-refractivity contribution in [2.75, 3.05) is 5.75 Å². The minimum atomic E-state index is 1.13. The minimum Gasteiger partial charge on any atom is -0.261 e. The molecule has 1 nitrogen and oxygen atoms in total. The van der Waals surface area contributed by atoms with Crippen molar-refractivity contribution in [1.82, 2.24) is 4.98 Å². The van der Waals surface area contributed by atoms with Gasteiger partial charge in [-0.2, -0.15) is 0 Å². The van der Waals surface area contributed by atoms with Crippen LogP contribution >= 0.6 is 11.8 Å². The summed E-state index contributed by atoms with van der Waals surface area (Å²) >= 11 is 1.94. The minimum absolute atomic E-state index is 1.13. The predicted molar refractivity (Wildman–Crippen MR) is 66.1 cm³/mol. The summed E-state index contributed by atoms with van der Waals surface area (Å²) in [4.78, 5) is 5.67. The van der Waals surface area contributed by atoms with Crippen LogP contribution in [0.4, 0.5) is 0 Å². The van der Waals surface area contributed by atoms with Gasteiger partial charge in [-0.05, 0) is 25.0 Å². The monoisotopic (exact) mass is 211 g/mol. The lowest BCUT2D eigenvalue weighted by Crippen LogP contribution is -1.84. The highest BCUT2D eigenvalue weighted by atomic mass is 32.2. The van der Waals surface area contributed by atoms with Gasteiger partial charge in [0, 0.05) is 22.5 Å². The van der Waals surface area contributed by atoms with Crippen molar-refractivity contribution in [3.05, 3.63) is 23.5 Å². The third-order valence-corrected chi connectivity index (χ3v) is 2.81. The van der Waals surface area contributed by atoms with Crippen LogP contribution in [0.25, 0.3) is 0 Å². The van der Waals surface area contributed by atoms with E-state index in [2.05, 4.69) is 11.1 Å². The molecule has 2 heteroatoms. The highest BCUT2D eigenvalue weighted by molar-refractivity contribution is 7.99. The van der Waals surface area contributed by atoms with E-state index in [1.165, 1.54) is 22.6 Å². The molecule has 1 aliphatic rings. The number of hydrogen-bond donors (Lipinski definition) is 0. The molecule has 1 aromatic rings. The Kier molecular flexibility index (Phi) is 7.58. The van der Waals surface area contributed by atoms with E-state index < -0.39 is 0 Å². The van der Waals surface area contributed by atoms with Gasteiger partial charge in [-0.1, -0.05) is 27.7 Å². The van der Waals surface area contributed by atoms with E-state index >= 15 is 0 Å². The quantitative estimate of drug-likeness (QED) is 0.641. The third kappa shape index (κ3) is 3.70. The van der Waals surface area contributed by atoms with Crippen molar-refractivity contribution in [2.45, 2.75) is 45.9 Å². The molecule has 0 spiro atoms. The maximum absolute atomic E-state index is 4.24. The summed E-state index contributed by atoms with van der Waals surface area (Å²) in [7, 11) is 0. The van der Waals surface area contributed by atoms with Gasteiger partial charge >= 0.3 is 0 Å². The molecule has 0 radical (unpaired) electrons. The van der Waals surface area contributed by atoms with Crippen molar-refractivity contribution >= 4 is 11.8 Å². The van der Waals surface area contributed by atoms with Gasteiger partial charge in [0.15, 0.2) is 0 Å². The van der Waals surface area contributed by atoms with Crippen LogP contribution < -0.4 is 0 Å². The van der Waals surface area contributed by atoms with Crippen LogP contribution in [-0.2, 0) is 6.42 Å². The Balaban J connectivity index is 0.000000379. The van der Waals surface area contributed by atoms with Crippen LogP contribution in [0.15, 0.2) is 17.2 Å². The summed E-state index contributed by atoms with van der Waals surface area (Å²) in [6.45, 7) is 10.0. The second kappa shape index (κ2) is 7.86. The SMILES string of the molecule is CC.CC.Cc1cc2c(cn1)CCS2. The Bertz CT molecular complexity index is 258. The number of aryl methyl sites for hydroxylation is 2. The van der Waals surface area contributed by atoms with E-state index in [9.17, 15) is 0 Å². The van der Waals surface area contributed by atoms with Crippen molar-refractivity contribution in [3.8, 4) is 0 Å². The first-order valence-electron chi connectivity index (χ1n) is 5.44. The molecule has 0 unspecified atom stereocenters. The fourth-order valence-corrected chi connectivity index (χ4v) is 2.29. The van der Waals surface area contributed by atoms with Crippen LogP contribution in [0.1, 0.15) is 39.0 Å². The number of nitrogens with zero attached hydrogens (tertiary/aromatic N) is 1. The fraction of sp³-hybridized carbons (Fsp3) is 0.583. The van der Waals surface area contributed by atoms with Crippen molar-refractivity contribution in [1.29, 1.82) is 0 Å². The second-order valence-corrected chi connectivity index (χ2v) is 3.67. The highest BCUT2D eigenvalue weighted by Gasteiger charge is 2.10. The van der Waals surface area contributed by atoms with Gasteiger partial charge in [-0.15, -0.1) is 11.8 Å². The fourth-order valence-electron chi connectivity index (χ4n) is 1.16. The summed E-state index contributed by atoms with van der Waals surface area (Å²) in [5, 5.41) is 0. The molecule has 0 fully saturated rings. The first-order valence-corrected chi connectivity index (χ1v) is 6.43. The number of hydrogen-bond acceptors (Lipinski definition) is 2. The van der Waals surface area contributed by atoms with Gasteiger partial charge < -0.3 is 0 Å². The molecule has 0 aromatic carbocycles. The molecule has 1 aromatic heterocycles. The Morgan fingerprint density at radius 2 is 1.86 bits per heavy atom. The van der Waals surface area contributed by atoms with E-state index in [4.69, 9.17) is 0 Å². The summed E-state index contributed by atoms with van der Waals surface area (Å²) < 4.78 is 0. The normalized spacial score (nSPS) is 11.8. The van der Waals surface area contributed by atoms with Crippen LogP contribution in [0.2, 0.25) is 0 Å². The Labute approximate surface area is 92.3 Å². The Morgan fingerprint density at radius 3 is 2.50 bits per heavy atom. The molecule has 0 N–H and O–H groups in total. The Morgan fingerprint density at radius 1 is 1.21 bits per heavy atom. The summed E-state index contributed by atoms with van der Waals surface area (Å²) in [5.74, 6) is 1.24. The maximum atomic E-state index is 4.24. The molecule has 0 saturated heterocycles. The topological polar surface area (TPSA) is 12.9 Å². The number of thioether (sulfide) groups is 1. The molecular formula is C12H21NS. The van der Waals surface area contributed by atoms with Gasteiger partial charge in [0.2, 0.25) is 0 Å². The highest BCUT2D eigenvalue weighted by Crippen LogP contribution is 2.30. The zero-order chi connectivity index (χ0) is 11.0. The van der Waals surface area contributed by atoms with Crippen molar-refractivity contribution < 1.29 is 0 Å². The molecule has 0 saturated carbocycles. The molecule has 0 bridgehead atoms. The number of pyridine rings is 1. The molecule has 0 amide bonds. The van der Waals surface area contributed by atoms with Gasteiger partial charge in [-0.3, -0.25) is 4.98 Å². The summed E-state index contributed by atoms with van der Waals surface area (Å²) in [6.07, 6.45) is 3.21. The average Bonchev–Trinajstić information content (AvgIpc) is 2.71. The third-order valence-electron chi connectivity index (χ3n) is 1.71. The lowest BCUT2D eigenvalue weighted by molar-refractivity contribution is 1.06. The molecule has 0 aliphatic carbocycles. The van der Waals surface area contributed by atoms with Crippen LogP contribution in [0, 0.1) is 6.92 Å². The second-order valence-electron chi connectivity index (χ2n) is 2.53. The molecule has 2 heterocycles. The molecule has 0 atom stereocenters. The van der Waals surface area contributed by atoms with E-state index in [1.54, 1.807) is 0 Å². The first-order chi connectivity index (χ1) is 6.86. The zero-order valence-electron chi connectivity index (χ0n) is 9.92.